The van der Waals surface area contributed by atoms with E-state index in [1.54, 1.807) is 28.0 Å². The molecule has 9 heteroatoms. The molecule has 1 aromatic heterocycles. The van der Waals surface area contributed by atoms with E-state index in [0.717, 1.165) is 44.1 Å². The molecule has 0 fully saturated rings. The van der Waals surface area contributed by atoms with Gasteiger partial charge in [-0.15, -0.1) is 0 Å². The molecule has 41 heavy (non-hydrogen) atoms. The molecule has 0 radical (unpaired) electrons. The smallest absolute Gasteiger partial charge is 0.242 e. The second-order valence-electron chi connectivity index (χ2n) is 10.5. The number of hydrogen-bond acceptors (Lipinski definition) is 6. The van der Waals surface area contributed by atoms with E-state index in [0.29, 0.717) is 39.6 Å². The van der Waals surface area contributed by atoms with Crippen molar-refractivity contribution in [3.05, 3.63) is 69.0 Å². The number of benzene rings is 2. The number of unbranched alkanes of at least 4 members (excludes halogenated alkanes) is 2. The minimum Gasteiger partial charge on any atom is -0.464 e. The fourth-order valence-electron chi connectivity index (χ4n) is 5.04. The maximum Gasteiger partial charge on any atom is 0.242 e. The fraction of sp³-hybridized carbons (Fsp3) is 0.469. The van der Waals surface area contributed by atoms with Crippen molar-refractivity contribution in [1.82, 2.24) is 9.80 Å². The number of rotatable bonds is 14. The molecule has 2 heterocycles. The highest BCUT2D eigenvalue weighted by Gasteiger charge is 2.27. The Hall–Kier alpha value is -3.52. The molecule has 1 aliphatic heterocycles. The Morgan fingerprint density at radius 3 is 2.49 bits per heavy atom. The van der Waals surface area contributed by atoms with Crippen LogP contribution in [0.15, 0.2) is 51.9 Å². The van der Waals surface area contributed by atoms with Gasteiger partial charge in [0.15, 0.2) is 16.9 Å². The topological polar surface area (TPSA) is 89.3 Å². The highest BCUT2D eigenvalue weighted by atomic mass is 35.5. The van der Waals surface area contributed by atoms with E-state index in [9.17, 15) is 14.4 Å². The van der Waals surface area contributed by atoms with Gasteiger partial charge in [-0.2, -0.15) is 0 Å². The van der Waals surface area contributed by atoms with Crippen LogP contribution in [0.3, 0.4) is 0 Å². The molecule has 2 aromatic carbocycles. The van der Waals surface area contributed by atoms with E-state index < -0.39 is 0 Å². The van der Waals surface area contributed by atoms with Crippen LogP contribution in [0.25, 0.3) is 11.0 Å². The van der Waals surface area contributed by atoms with Crippen molar-refractivity contribution in [2.45, 2.75) is 72.4 Å². The summed E-state index contributed by atoms with van der Waals surface area (Å²) in [5.74, 6) is 0.914. The molecule has 0 bridgehead atoms. The summed E-state index contributed by atoms with van der Waals surface area (Å²) in [7, 11) is 0. The molecule has 8 nitrogen and oxygen atoms in total. The van der Waals surface area contributed by atoms with Gasteiger partial charge in [0.2, 0.25) is 18.6 Å². The second kappa shape index (κ2) is 14.4. The van der Waals surface area contributed by atoms with E-state index in [4.69, 9.17) is 25.5 Å². The van der Waals surface area contributed by atoms with Gasteiger partial charge in [-0.1, -0.05) is 57.7 Å². The van der Waals surface area contributed by atoms with Gasteiger partial charge in [-0.05, 0) is 55.2 Å². The van der Waals surface area contributed by atoms with Crippen molar-refractivity contribution in [3.8, 4) is 11.5 Å². The van der Waals surface area contributed by atoms with Gasteiger partial charge in [0.1, 0.15) is 5.58 Å². The summed E-state index contributed by atoms with van der Waals surface area (Å²) in [6.45, 7) is 7.03. The molecule has 4 rings (SSSR count). The Morgan fingerprint density at radius 1 is 0.951 bits per heavy atom. The summed E-state index contributed by atoms with van der Waals surface area (Å²) in [6.07, 6.45) is 6.64. The average Bonchev–Trinajstić information content (AvgIpc) is 3.44. The summed E-state index contributed by atoms with van der Waals surface area (Å²) >= 11 is 6.15. The van der Waals surface area contributed by atoms with Crippen LogP contribution >= 0.6 is 11.6 Å². The zero-order valence-corrected chi connectivity index (χ0v) is 24.9. The zero-order valence-electron chi connectivity index (χ0n) is 24.1. The van der Waals surface area contributed by atoms with Crippen LogP contribution in [0.4, 0.5) is 0 Å². The number of hydrogen-bond donors (Lipinski definition) is 0. The summed E-state index contributed by atoms with van der Waals surface area (Å²) in [4.78, 5) is 44.2. The van der Waals surface area contributed by atoms with Gasteiger partial charge in [0.25, 0.3) is 0 Å². The van der Waals surface area contributed by atoms with Crippen LogP contribution in [0, 0.1) is 5.92 Å². The first-order chi connectivity index (χ1) is 19.8. The first-order valence-electron chi connectivity index (χ1n) is 14.5. The minimum atomic E-state index is -0.248. The summed E-state index contributed by atoms with van der Waals surface area (Å²) in [6, 6.07) is 10.4. The lowest BCUT2D eigenvalue weighted by molar-refractivity contribution is -0.144. The van der Waals surface area contributed by atoms with Crippen LogP contribution in [-0.2, 0) is 22.7 Å². The average molecular weight is 583 g/mol. The number of amides is 2. The van der Waals surface area contributed by atoms with E-state index in [2.05, 4.69) is 13.8 Å². The van der Waals surface area contributed by atoms with Crippen LogP contribution in [0.2, 0.25) is 5.02 Å². The van der Waals surface area contributed by atoms with Crippen LogP contribution in [-0.4, -0.2) is 41.5 Å². The maximum absolute atomic E-state index is 13.9. The Balaban J connectivity index is 1.63. The van der Waals surface area contributed by atoms with Crippen molar-refractivity contribution >= 4 is 34.4 Å². The Labute approximate surface area is 246 Å². The van der Waals surface area contributed by atoms with Crippen molar-refractivity contribution in [2.24, 2.45) is 5.92 Å². The molecule has 0 N–H and O–H groups in total. The standard InChI is InChI=1S/C32H39ClN2O6/c1-4-7-9-23(6-3)32(38)34(14-8-5-2)19-30(36)35(17-22-10-12-28-29(15-22)41-21-40-28)18-24-20-39-27-13-11-25(33)16-26(27)31(24)37/h10-13,15-16,20,23H,4-9,14,17-19,21H2,1-3H3/t23-/m0/s1. The molecule has 220 valence electrons. The molecule has 3 aromatic rings. The monoisotopic (exact) mass is 582 g/mol. The highest BCUT2D eigenvalue weighted by Crippen LogP contribution is 2.33. The Bertz CT molecular complexity index is 1420. The largest absolute Gasteiger partial charge is 0.464 e. The second-order valence-corrected chi connectivity index (χ2v) is 11.0. The van der Waals surface area contributed by atoms with Gasteiger partial charge in [-0.25, -0.2) is 0 Å². The number of halogens is 1. The normalized spacial score (nSPS) is 12.9. The molecule has 1 aliphatic rings. The molecule has 0 saturated heterocycles. The van der Waals surface area contributed by atoms with E-state index in [1.807, 2.05) is 25.1 Å². The van der Waals surface area contributed by atoms with Gasteiger partial charge in [-0.3, -0.25) is 14.4 Å². The highest BCUT2D eigenvalue weighted by molar-refractivity contribution is 6.31. The molecule has 0 aliphatic carbocycles. The third-order valence-electron chi connectivity index (χ3n) is 7.50. The summed E-state index contributed by atoms with van der Waals surface area (Å²) in [5.41, 5.74) is 1.32. The molecular formula is C32H39ClN2O6. The third-order valence-corrected chi connectivity index (χ3v) is 7.73. The zero-order chi connectivity index (χ0) is 29.4. The molecule has 0 spiro atoms. The number of nitrogens with zero attached hydrogens (tertiary/aromatic N) is 2. The predicted molar refractivity (Wildman–Crippen MR) is 159 cm³/mol. The van der Waals surface area contributed by atoms with Crippen molar-refractivity contribution in [1.29, 1.82) is 0 Å². The van der Waals surface area contributed by atoms with Crippen molar-refractivity contribution in [2.75, 3.05) is 19.9 Å². The molecule has 0 saturated carbocycles. The summed E-state index contributed by atoms with van der Waals surface area (Å²) in [5, 5.41) is 0.779. The fourth-order valence-corrected chi connectivity index (χ4v) is 5.21. The lowest BCUT2D eigenvalue weighted by Crippen LogP contribution is -2.45. The molecule has 2 amide bonds. The predicted octanol–water partition coefficient (Wildman–Crippen LogP) is 6.55. The molecular weight excluding hydrogens is 544 g/mol. The van der Waals surface area contributed by atoms with Crippen LogP contribution in [0.1, 0.15) is 70.4 Å². The first-order valence-corrected chi connectivity index (χ1v) is 14.9. The SMILES string of the molecule is CCCC[C@H](CC)C(=O)N(CCCC)CC(=O)N(Cc1ccc2c(c1)OCO2)Cc1coc2ccc(Cl)cc2c1=O. The minimum absolute atomic E-state index is 0.0148. The molecule has 1 atom stereocenters. The van der Waals surface area contributed by atoms with E-state index in [1.165, 1.54) is 6.26 Å². The van der Waals surface area contributed by atoms with Crippen LogP contribution in [0.5, 0.6) is 11.5 Å². The third kappa shape index (κ3) is 7.61. The number of fused-ring (bicyclic) bond motifs is 2. The van der Waals surface area contributed by atoms with E-state index in [-0.39, 0.29) is 49.6 Å². The lowest BCUT2D eigenvalue weighted by Gasteiger charge is -2.30. The lowest BCUT2D eigenvalue weighted by atomic mass is 9.97. The molecule has 0 unspecified atom stereocenters. The Morgan fingerprint density at radius 2 is 1.73 bits per heavy atom. The van der Waals surface area contributed by atoms with Crippen molar-refractivity contribution < 1.29 is 23.5 Å². The van der Waals surface area contributed by atoms with Gasteiger partial charge < -0.3 is 23.7 Å². The van der Waals surface area contributed by atoms with Crippen LogP contribution < -0.4 is 14.9 Å². The van der Waals surface area contributed by atoms with Gasteiger partial charge in [0, 0.05) is 24.0 Å². The first kappa shape index (κ1) is 30.4. The summed E-state index contributed by atoms with van der Waals surface area (Å²) < 4.78 is 16.7. The quantitative estimate of drug-likeness (QED) is 0.214. The Kier molecular flexibility index (Phi) is 10.7. The van der Waals surface area contributed by atoms with E-state index >= 15 is 0 Å². The number of carbonyl (C=O) groups excluding carboxylic acids is 2. The van der Waals surface area contributed by atoms with Crippen molar-refractivity contribution in [3.63, 3.8) is 0 Å². The maximum atomic E-state index is 13.9. The number of ether oxygens (including phenoxy) is 2. The number of carbonyl (C=O) groups is 2. The van der Waals surface area contributed by atoms with Gasteiger partial charge in [0.05, 0.1) is 30.3 Å². The van der Waals surface area contributed by atoms with Gasteiger partial charge >= 0.3 is 0 Å².